The average Bonchev–Trinajstić information content (AvgIpc) is 2.28. The van der Waals surface area contributed by atoms with Crippen LogP contribution in [0.2, 0.25) is 0 Å². The molecule has 1 unspecified atom stereocenters. The second-order valence-corrected chi connectivity index (χ2v) is 5.35. The van der Waals surface area contributed by atoms with Crippen LogP contribution < -0.4 is 10.1 Å². The summed E-state index contributed by atoms with van der Waals surface area (Å²) in [4.78, 5) is 3.96. The fourth-order valence-corrected chi connectivity index (χ4v) is 2.81. The smallest absolute Gasteiger partial charge is 0.250 e. The molecule has 3 atom stereocenters. The van der Waals surface area contributed by atoms with Gasteiger partial charge in [-0.25, -0.2) is 9.37 Å². The van der Waals surface area contributed by atoms with Crippen molar-refractivity contribution in [3.63, 3.8) is 0 Å². The average molecular weight is 324 g/mol. The number of halogens is 3. The molecule has 94 valence electrons. The summed E-state index contributed by atoms with van der Waals surface area (Å²) in [5.74, 6) is 0.768. The summed E-state index contributed by atoms with van der Waals surface area (Å²) in [6.45, 7) is 1.94. The molecule has 2 bridgehead atoms. The lowest BCUT2D eigenvalue weighted by atomic mass is 9.69. The maximum Gasteiger partial charge on any atom is 0.250 e. The number of hydrogen-bond donors (Lipinski definition) is 1. The second kappa shape index (κ2) is 5.08. The van der Waals surface area contributed by atoms with E-state index >= 15 is 0 Å². The van der Waals surface area contributed by atoms with Crippen LogP contribution in [0, 0.1) is 17.7 Å². The van der Waals surface area contributed by atoms with Gasteiger partial charge in [0.25, 0.3) is 5.88 Å². The molecular weight excluding hydrogens is 310 g/mol. The molecular formula is C11H13BrClFN2O. The normalized spacial score (nSPS) is 30.1. The molecule has 2 aliphatic rings. The molecule has 6 heteroatoms. The molecule has 3 nitrogen and oxygen atoms in total. The van der Waals surface area contributed by atoms with Crippen molar-refractivity contribution < 1.29 is 9.13 Å². The molecule has 1 aliphatic carbocycles. The van der Waals surface area contributed by atoms with Crippen LogP contribution in [0.4, 0.5) is 4.39 Å². The minimum Gasteiger partial charge on any atom is -0.472 e. The van der Waals surface area contributed by atoms with Crippen LogP contribution >= 0.6 is 28.3 Å². The Morgan fingerprint density at radius 2 is 2.12 bits per heavy atom. The van der Waals surface area contributed by atoms with Crippen LogP contribution in [0.3, 0.4) is 0 Å². The highest BCUT2D eigenvalue weighted by atomic mass is 79.9. The molecule has 3 rings (SSSR count). The van der Waals surface area contributed by atoms with Crippen molar-refractivity contribution in [3.8, 4) is 5.88 Å². The van der Waals surface area contributed by atoms with Crippen molar-refractivity contribution in [3.05, 3.63) is 22.6 Å². The Kier molecular flexibility index (Phi) is 3.90. The van der Waals surface area contributed by atoms with Crippen molar-refractivity contribution in [2.75, 3.05) is 13.1 Å². The van der Waals surface area contributed by atoms with Gasteiger partial charge in [-0.05, 0) is 28.4 Å². The molecule has 0 radical (unpaired) electrons. The Labute approximate surface area is 114 Å². The van der Waals surface area contributed by atoms with Gasteiger partial charge in [-0.15, -0.1) is 12.4 Å². The number of nitrogens with zero attached hydrogens (tertiary/aromatic N) is 1. The van der Waals surface area contributed by atoms with Crippen LogP contribution in [-0.2, 0) is 0 Å². The Bertz CT molecular complexity index is 406. The van der Waals surface area contributed by atoms with Gasteiger partial charge in [0.1, 0.15) is 6.10 Å². The van der Waals surface area contributed by atoms with E-state index in [1.165, 1.54) is 12.5 Å². The summed E-state index contributed by atoms with van der Waals surface area (Å²) in [5, 5.41) is 3.32. The van der Waals surface area contributed by atoms with E-state index in [1.807, 2.05) is 0 Å². The molecule has 2 heterocycles. The van der Waals surface area contributed by atoms with Crippen molar-refractivity contribution in [2.45, 2.75) is 12.5 Å². The highest BCUT2D eigenvalue weighted by Gasteiger charge is 2.46. The van der Waals surface area contributed by atoms with Gasteiger partial charge < -0.3 is 10.1 Å². The monoisotopic (exact) mass is 322 g/mol. The van der Waals surface area contributed by atoms with Gasteiger partial charge in [-0.2, -0.15) is 0 Å². The lowest BCUT2D eigenvalue weighted by Gasteiger charge is -2.48. The lowest BCUT2D eigenvalue weighted by molar-refractivity contribution is -0.0490. The van der Waals surface area contributed by atoms with E-state index in [0.29, 0.717) is 16.3 Å². The van der Waals surface area contributed by atoms with Crippen molar-refractivity contribution in [2.24, 2.45) is 11.8 Å². The van der Waals surface area contributed by atoms with Gasteiger partial charge >= 0.3 is 0 Å². The van der Waals surface area contributed by atoms with E-state index in [1.54, 1.807) is 6.20 Å². The molecule has 1 aromatic heterocycles. The number of fused-ring (bicyclic) bond motifs is 2. The SMILES string of the molecule is Cl.Fc1cc(Br)cnc1OC1[C@@H]2CNC[C@H]1C2. The van der Waals surface area contributed by atoms with Gasteiger partial charge in [-0.1, -0.05) is 0 Å². The van der Waals surface area contributed by atoms with Gasteiger partial charge in [-0.3, -0.25) is 0 Å². The lowest BCUT2D eigenvalue weighted by Crippen LogP contribution is -2.59. The largest absolute Gasteiger partial charge is 0.472 e. The highest BCUT2D eigenvalue weighted by molar-refractivity contribution is 9.10. The Balaban J connectivity index is 0.00000108. The van der Waals surface area contributed by atoms with Gasteiger partial charge in [0.05, 0.1) is 0 Å². The predicted molar refractivity (Wildman–Crippen MR) is 68.0 cm³/mol. The topological polar surface area (TPSA) is 34.1 Å². The molecule has 1 aliphatic heterocycles. The summed E-state index contributed by atoms with van der Waals surface area (Å²) in [6.07, 6.45) is 2.89. The van der Waals surface area contributed by atoms with Crippen LogP contribution in [-0.4, -0.2) is 24.2 Å². The summed E-state index contributed by atoms with van der Waals surface area (Å²) in [5.41, 5.74) is 0. The minimum atomic E-state index is -0.396. The first-order valence-electron chi connectivity index (χ1n) is 5.42. The number of nitrogens with one attached hydrogen (secondary N) is 1. The first kappa shape index (κ1) is 13.1. The zero-order valence-corrected chi connectivity index (χ0v) is 11.4. The summed E-state index contributed by atoms with van der Waals surface area (Å²) >= 11 is 3.17. The zero-order chi connectivity index (χ0) is 11.1. The molecule has 1 saturated heterocycles. The van der Waals surface area contributed by atoms with Crippen molar-refractivity contribution in [1.82, 2.24) is 10.3 Å². The Morgan fingerprint density at radius 3 is 2.71 bits per heavy atom. The fourth-order valence-electron chi connectivity index (χ4n) is 2.51. The summed E-state index contributed by atoms with van der Waals surface area (Å²) in [6, 6.07) is 1.38. The number of aromatic nitrogens is 1. The molecule has 1 N–H and O–H groups in total. The number of ether oxygens (including phenoxy) is 1. The standard InChI is InChI=1S/C11H12BrFN2O.ClH/c12-8-2-9(13)11(15-5-8)16-10-6-1-7(10)4-14-3-6;/h2,5-7,10,14H,1,3-4H2;1H/t6-,7+,10?;. The van der Waals surface area contributed by atoms with E-state index in [2.05, 4.69) is 26.2 Å². The van der Waals surface area contributed by atoms with Crippen LogP contribution in [0.5, 0.6) is 5.88 Å². The first-order chi connectivity index (χ1) is 7.74. The number of pyridine rings is 1. The van der Waals surface area contributed by atoms with Gasteiger partial charge in [0.15, 0.2) is 5.82 Å². The van der Waals surface area contributed by atoms with E-state index in [-0.39, 0.29) is 24.4 Å². The number of piperidine rings is 2. The number of rotatable bonds is 2. The maximum atomic E-state index is 13.5. The van der Waals surface area contributed by atoms with Crippen molar-refractivity contribution >= 4 is 28.3 Å². The van der Waals surface area contributed by atoms with E-state index < -0.39 is 5.82 Å². The summed E-state index contributed by atoms with van der Waals surface area (Å²) in [7, 11) is 0. The molecule has 0 aromatic carbocycles. The molecule has 1 saturated carbocycles. The second-order valence-electron chi connectivity index (χ2n) is 4.44. The molecule has 1 aromatic rings. The zero-order valence-electron chi connectivity index (χ0n) is 9.03. The number of hydrogen-bond acceptors (Lipinski definition) is 3. The van der Waals surface area contributed by atoms with E-state index in [4.69, 9.17) is 4.74 Å². The van der Waals surface area contributed by atoms with Crippen LogP contribution in [0.15, 0.2) is 16.7 Å². The summed E-state index contributed by atoms with van der Waals surface area (Å²) < 4.78 is 19.8. The van der Waals surface area contributed by atoms with Gasteiger partial charge in [0.2, 0.25) is 0 Å². The highest BCUT2D eigenvalue weighted by Crippen LogP contribution is 2.39. The molecule has 17 heavy (non-hydrogen) atoms. The first-order valence-corrected chi connectivity index (χ1v) is 6.22. The van der Waals surface area contributed by atoms with Crippen molar-refractivity contribution in [1.29, 1.82) is 0 Å². The van der Waals surface area contributed by atoms with E-state index in [0.717, 1.165) is 13.1 Å². The Hall–Kier alpha value is -0.390. The van der Waals surface area contributed by atoms with Crippen LogP contribution in [0.25, 0.3) is 0 Å². The quantitative estimate of drug-likeness (QED) is 0.907. The van der Waals surface area contributed by atoms with E-state index in [9.17, 15) is 4.39 Å². The molecule has 0 amide bonds. The molecule has 0 spiro atoms. The molecule has 2 fully saturated rings. The predicted octanol–water partition coefficient (Wildman–Crippen LogP) is 2.39. The fraction of sp³-hybridized carbons (Fsp3) is 0.545. The maximum absolute atomic E-state index is 13.5. The third kappa shape index (κ3) is 2.41. The van der Waals surface area contributed by atoms with Crippen LogP contribution in [0.1, 0.15) is 6.42 Å². The minimum absolute atomic E-state index is 0. The Morgan fingerprint density at radius 1 is 1.41 bits per heavy atom. The van der Waals surface area contributed by atoms with Gasteiger partial charge in [0, 0.05) is 35.6 Å². The third-order valence-corrected chi connectivity index (χ3v) is 3.80. The third-order valence-electron chi connectivity index (χ3n) is 3.37.